The van der Waals surface area contributed by atoms with Crippen LogP contribution in [0.3, 0.4) is 0 Å². The molecule has 0 fully saturated rings. The smallest absolute Gasteiger partial charge is 0.412 e. The van der Waals surface area contributed by atoms with Gasteiger partial charge in [-0.1, -0.05) is 0 Å². The van der Waals surface area contributed by atoms with Crippen molar-refractivity contribution in [1.82, 2.24) is 9.96 Å². The van der Waals surface area contributed by atoms with Gasteiger partial charge < -0.3 is 5.11 Å². The molecular formula is C4H6N2O3. The predicted molar refractivity (Wildman–Crippen MR) is 27.5 cm³/mol. The number of amides is 1. The van der Waals surface area contributed by atoms with E-state index in [1.54, 1.807) is 0 Å². The molecule has 0 aromatic heterocycles. The molecule has 0 spiro atoms. The zero-order chi connectivity index (χ0) is 6.85. The maximum atomic E-state index is 10.1. The summed E-state index contributed by atoms with van der Waals surface area (Å²) in [5.74, 6) is 0. The largest absolute Gasteiger partial charge is 0.465 e. The lowest BCUT2D eigenvalue weighted by molar-refractivity contribution is -0.0515. The van der Waals surface area contributed by atoms with Gasteiger partial charge in [-0.25, -0.2) is 9.86 Å². The van der Waals surface area contributed by atoms with Crippen LogP contribution in [0.15, 0.2) is 12.4 Å². The summed E-state index contributed by atoms with van der Waals surface area (Å²) >= 11 is 0. The molecule has 0 aliphatic carbocycles. The summed E-state index contributed by atoms with van der Waals surface area (Å²) in [5.41, 5.74) is 0. The second-order valence-electron chi connectivity index (χ2n) is 1.63. The predicted octanol–water partition coefficient (Wildman–Crippen LogP) is 0.0999. The third-order valence-electron chi connectivity index (χ3n) is 0.962. The number of nitrogens with zero attached hydrogens (tertiary/aromatic N) is 2. The Morgan fingerprint density at radius 1 is 1.56 bits per heavy atom. The maximum absolute atomic E-state index is 10.1. The van der Waals surface area contributed by atoms with Crippen LogP contribution >= 0.6 is 0 Å². The van der Waals surface area contributed by atoms with Crippen molar-refractivity contribution >= 4 is 6.09 Å². The summed E-state index contributed by atoms with van der Waals surface area (Å²) in [6.45, 7) is -0.00463. The molecule has 1 rings (SSSR count). The summed E-state index contributed by atoms with van der Waals surface area (Å²) in [5, 5.41) is 17.6. The molecule has 5 nitrogen and oxygen atoms in total. The molecule has 0 saturated carbocycles. The molecule has 1 aliphatic heterocycles. The second-order valence-corrected chi connectivity index (χ2v) is 1.63. The van der Waals surface area contributed by atoms with Crippen molar-refractivity contribution in [2.24, 2.45) is 0 Å². The Hall–Kier alpha value is -1.23. The van der Waals surface area contributed by atoms with Gasteiger partial charge in [-0.05, 0) is 0 Å². The van der Waals surface area contributed by atoms with E-state index in [2.05, 4.69) is 0 Å². The summed E-state index contributed by atoms with van der Waals surface area (Å²) < 4.78 is 0. The molecule has 9 heavy (non-hydrogen) atoms. The van der Waals surface area contributed by atoms with Crippen molar-refractivity contribution in [1.29, 1.82) is 0 Å². The van der Waals surface area contributed by atoms with Crippen LogP contribution < -0.4 is 0 Å². The van der Waals surface area contributed by atoms with Gasteiger partial charge in [-0.3, -0.25) is 10.1 Å². The minimum atomic E-state index is -1.07. The quantitative estimate of drug-likeness (QED) is 0.488. The Bertz CT molecular complexity index is 156. The Morgan fingerprint density at radius 3 is 2.44 bits per heavy atom. The van der Waals surface area contributed by atoms with Crippen LogP contribution in [-0.4, -0.2) is 33.0 Å². The average molecular weight is 130 g/mol. The summed E-state index contributed by atoms with van der Waals surface area (Å²) in [6, 6.07) is 0. The highest BCUT2D eigenvalue weighted by Crippen LogP contribution is 2.01. The fraction of sp³-hybridized carbons (Fsp3) is 0.250. The highest BCUT2D eigenvalue weighted by Gasteiger charge is 2.14. The van der Waals surface area contributed by atoms with E-state index in [0.29, 0.717) is 0 Å². The van der Waals surface area contributed by atoms with E-state index in [0.717, 1.165) is 9.96 Å². The Kier molecular flexibility index (Phi) is 1.27. The number of carbonyl (C=O) groups is 1. The van der Waals surface area contributed by atoms with Gasteiger partial charge in [-0.15, -0.1) is 0 Å². The zero-order valence-corrected chi connectivity index (χ0v) is 4.56. The minimum absolute atomic E-state index is 0.00463. The van der Waals surface area contributed by atoms with Gasteiger partial charge >= 0.3 is 6.09 Å². The van der Waals surface area contributed by atoms with Crippen molar-refractivity contribution in [2.45, 2.75) is 0 Å². The molecule has 2 N–H and O–H groups in total. The monoisotopic (exact) mass is 130 g/mol. The molecule has 0 atom stereocenters. The zero-order valence-electron chi connectivity index (χ0n) is 4.56. The molecule has 0 aromatic rings. The van der Waals surface area contributed by atoms with Gasteiger partial charge in [0.15, 0.2) is 0 Å². The molecular weight excluding hydrogens is 124 g/mol. The van der Waals surface area contributed by atoms with Crippen LogP contribution in [0.1, 0.15) is 0 Å². The molecule has 1 aliphatic rings. The highest BCUT2D eigenvalue weighted by atomic mass is 16.5. The molecule has 1 amide bonds. The van der Waals surface area contributed by atoms with Gasteiger partial charge in [0.2, 0.25) is 0 Å². The molecule has 50 valence electrons. The average Bonchev–Trinajstić information content (AvgIpc) is 2.14. The van der Waals surface area contributed by atoms with E-state index in [1.807, 2.05) is 0 Å². The maximum Gasteiger partial charge on any atom is 0.412 e. The fourth-order valence-corrected chi connectivity index (χ4v) is 0.532. The van der Waals surface area contributed by atoms with Gasteiger partial charge in [0, 0.05) is 12.4 Å². The van der Waals surface area contributed by atoms with Gasteiger partial charge in [-0.2, -0.15) is 0 Å². The van der Waals surface area contributed by atoms with Crippen molar-refractivity contribution in [3.05, 3.63) is 12.4 Å². The summed E-state index contributed by atoms with van der Waals surface area (Å²) in [4.78, 5) is 11.0. The fourth-order valence-electron chi connectivity index (χ4n) is 0.532. The first-order chi connectivity index (χ1) is 4.20. The van der Waals surface area contributed by atoms with Gasteiger partial charge in [0.05, 0.1) is 0 Å². The first kappa shape index (κ1) is 5.90. The third kappa shape index (κ3) is 1.11. The van der Waals surface area contributed by atoms with Gasteiger partial charge in [0.25, 0.3) is 0 Å². The van der Waals surface area contributed by atoms with Crippen LogP contribution in [-0.2, 0) is 0 Å². The lowest BCUT2D eigenvalue weighted by atomic mass is 10.8. The minimum Gasteiger partial charge on any atom is -0.465 e. The van der Waals surface area contributed by atoms with Gasteiger partial charge in [0.1, 0.15) is 6.67 Å². The standard InChI is InChI=1S/C4H6N2O3/c7-4(8)5-1-2-6(9)3-5/h1-2,9H,3H2,(H,7,8). The molecule has 1 heterocycles. The van der Waals surface area contributed by atoms with E-state index in [9.17, 15) is 4.79 Å². The van der Waals surface area contributed by atoms with Crippen LogP contribution in [0.25, 0.3) is 0 Å². The van der Waals surface area contributed by atoms with E-state index >= 15 is 0 Å². The van der Waals surface area contributed by atoms with Crippen LogP contribution in [0.4, 0.5) is 4.79 Å². The molecule has 0 unspecified atom stereocenters. The van der Waals surface area contributed by atoms with Crippen LogP contribution in [0.2, 0.25) is 0 Å². The van der Waals surface area contributed by atoms with Crippen molar-refractivity contribution < 1.29 is 15.1 Å². The molecule has 0 bridgehead atoms. The van der Waals surface area contributed by atoms with E-state index in [4.69, 9.17) is 10.3 Å². The van der Waals surface area contributed by atoms with Crippen molar-refractivity contribution in [2.75, 3.05) is 6.67 Å². The van der Waals surface area contributed by atoms with Crippen LogP contribution in [0.5, 0.6) is 0 Å². The molecule has 0 radical (unpaired) electrons. The molecule has 0 saturated heterocycles. The lowest BCUT2D eigenvalue weighted by Gasteiger charge is -2.09. The molecule has 0 aromatic carbocycles. The van der Waals surface area contributed by atoms with E-state index in [1.165, 1.54) is 12.4 Å². The molecule has 5 heteroatoms. The number of carboxylic acid groups (broad SMARTS) is 1. The SMILES string of the molecule is O=C(O)N1C=CN(O)C1. The number of hydroxylamine groups is 2. The lowest BCUT2D eigenvalue weighted by Crippen LogP contribution is -2.27. The topological polar surface area (TPSA) is 64.0 Å². The third-order valence-corrected chi connectivity index (χ3v) is 0.962. The second kappa shape index (κ2) is 1.94. The van der Waals surface area contributed by atoms with Crippen LogP contribution in [0, 0.1) is 0 Å². The summed E-state index contributed by atoms with van der Waals surface area (Å²) in [6.07, 6.45) is 1.49. The Balaban J connectivity index is 2.50. The summed E-state index contributed by atoms with van der Waals surface area (Å²) in [7, 11) is 0. The number of rotatable bonds is 0. The number of hydrogen-bond donors (Lipinski definition) is 2. The highest BCUT2D eigenvalue weighted by molar-refractivity contribution is 5.66. The van der Waals surface area contributed by atoms with Crippen molar-refractivity contribution in [3.8, 4) is 0 Å². The number of hydrogen-bond acceptors (Lipinski definition) is 3. The van der Waals surface area contributed by atoms with Crippen molar-refractivity contribution in [3.63, 3.8) is 0 Å². The Morgan fingerprint density at radius 2 is 2.22 bits per heavy atom. The Labute approximate surface area is 51.4 Å². The van der Waals surface area contributed by atoms with E-state index < -0.39 is 6.09 Å². The first-order valence-electron chi connectivity index (χ1n) is 2.33. The normalized spacial score (nSPS) is 17.0. The first-order valence-corrected chi connectivity index (χ1v) is 2.33. The van der Waals surface area contributed by atoms with E-state index in [-0.39, 0.29) is 6.67 Å².